The van der Waals surface area contributed by atoms with E-state index in [-0.39, 0.29) is 11.3 Å². The van der Waals surface area contributed by atoms with E-state index in [1.54, 1.807) is 12.1 Å². The fourth-order valence-electron chi connectivity index (χ4n) is 1.97. The Balaban J connectivity index is 2.00. The van der Waals surface area contributed by atoms with Crippen LogP contribution >= 0.6 is 0 Å². The zero-order valence-corrected chi connectivity index (χ0v) is 13.7. The maximum atomic E-state index is 12.1. The Morgan fingerprint density at radius 3 is 2.38 bits per heavy atom. The van der Waals surface area contributed by atoms with Crippen LogP contribution in [0.5, 0.6) is 11.5 Å². The number of aromatic hydroxyl groups is 1. The summed E-state index contributed by atoms with van der Waals surface area (Å²) in [7, 11) is 1.45. The van der Waals surface area contributed by atoms with Crippen molar-refractivity contribution in [1.82, 2.24) is 0 Å². The van der Waals surface area contributed by atoms with Crippen molar-refractivity contribution in [1.29, 1.82) is 0 Å². The number of rotatable bonds is 5. The molecule has 126 valence electrons. The molecule has 0 aliphatic heterocycles. The number of nitrogens with one attached hydrogen (secondary N) is 1. The molecule has 0 spiro atoms. The minimum absolute atomic E-state index is 0.0363. The molecule has 0 aromatic heterocycles. The van der Waals surface area contributed by atoms with Gasteiger partial charge in [-0.15, -0.1) is 0 Å². The van der Waals surface area contributed by atoms with Gasteiger partial charge in [0.2, 0.25) is 0 Å². The third-order valence-electron chi connectivity index (χ3n) is 3.40. The van der Waals surface area contributed by atoms with Gasteiger partial charge in [0.15, 0.2) is 6.10 Å². The number of benzene rings is 2. The van der Waals surface area contributed by atoms with Crippen molar-refractivity contribution >= 4 is 17.6 Å². The third kappa shape index (κ3) is 4.25. The van der Waals surface area contributed by atoms with Crippen LogP contribution in [0.25, 0.3) is 0 Å². The van der Waals surface area contributed by atoms with Gasteiger partial charge < -0.3 is 19.9 Å². The number of carbonyl (C=O) groups excluding carboxylic acids is 2. The van der Waals surface area contributed by atoms with Crippen molar-refractivity contribution in [3.05, 3.63) is 53.6 Å². The van der Waals surface area contributed by atoms with Crippen LogP contribution in [0.3, 0.4) is 0 Å². The Morgan fingerprint density at radius 2 is 1.79 bits per heavy atom. The summed E-state index contributed by atoms with van der Waals surface area (Å²) in [5, 5.41) is 12.5. The van der Waals surface area contributed by atoms with Gasteiger partial charge in [0.25, 0.3) is 5.91 Å². The van der Waals surface area contributed by atoms with E-state index in [0.717, 1.165) is 5.56 Å². The quantitative estimate of drug-likeness (QED) is 0.824. The molecule has 0 radical (unpaired) electrons. The fraction of sp³-hybridized carbons (Fsp3) is 0.222. The van der Waals surface area contributed by atoms with Gasteiger partial charge in [-0.2, -0.15) is 0 Å². The van der Waals surface area contributed by atoms with E-state index in [0.29, 0.717) is 11.4 Å². The van der Waals surface area contributed by atoms with Gasteiger partial charge in [-0.05, 0) is 38.1 Å². The molecule has 2 N–H and O–H groups in total. The summed E-state index contributed by atoms with van der Waals surface area (Å²) in [6.07, 6.45) is -1.01. The lowest BCUT2D eigenvalue weighted by molar-refractivity contribution is -0.123. The second-order valence-electron chi connectivity index (χ2n) is 5.29. The molecule has 0 saturated heterocycles. The van der Waals surface area contributed by atoms with Crippen LogP contribution in [0.4, 0.5) is 5.69 Å². The number of phenols is 1. The molecule has 6 nitrogen and oxygen atoms in total. The number of aryl methyl sites for hydroxylation is 1. The van der Waals surface area contributed by atoms with Crippen molar-refractivity contribution < 1.29 is 24.2 Å². The monoisotopic (exact) mass is 329 g/mol. The third-order valence-corrected chi connectivity index (χ3v) is 3.40. The van der Waals surface area contributed by atoms with E-state index < -0.39 is 18.0 Å². The van der Waals surface area contributed by atoms with Crippen molar-refractivity contribution in [3.8, 4) is 11.5 Å². The Bertz CT molecular complexity index is 740. The maximum absolute atomic E-state index is 12.1. The molecule has 1 amide bonds. The second kappa shape index (κ2) is 7.50. The van der Waals surface area contributed by atoms with Gasteiger partial charge in [-0.1, -0.05) is 17.7 Å². The standard InChI is InChI=1S/C18H19NO5/c1-11-4-6-13(7-5-11)19-17(21)12(2)24-18(22)15-9-8-14(23-3)10-16(15)20/h4-10,12,20H,1-3H3,(H,19,21)/t12-/m1/s1. The number of hydrogen-bond acceptors (Lipinski definition) is 5. The number of amides is 1. The highest BCUT2D eigenvalue weighted by atomic mass is 16.5. The summed E-state index contributed by atoms with van der Waals surface area (Å²) >= 11 is 0. The summed E-state index contributed by atoms with van der Waals surface area (Å²) in [5.41, 5.74) is 1.65. The molecule has 2 rings (SSSR count). The molecule has 1 atom stereocenters. The lowest BCUT2D eigenvalue weighted by Gasteiger charge is -2.14. The number of phenolic OH excluding ortho intramolecular Hbond substituents is 1. The van der Waals surface area contributed by atoms with Crippen molar-refractivity contribution in [2.75, 3.05) is 12.4 Å². The van der Waals surface area contributed by atoms with Gasteiger partial charge in [0.05, 0.1) is 7.11 Å². The summed E-state index contributed by atoms with van der Waals surface area (Å²) in [5.74, 6) is -1.11. The molecule has 0 aliphatic carbocycles. The zero-order chi connectivity index (χ0) is 17.7. The number of carbonyl (C=O) groups is 2. The van der Waals surface area contributed by atoms with Crippen LogP contribution in [0.2, 0.25) is 0 Å². The highest BCUT2D eigenvalue weighted by Crippen LogP contribution is 2.24. The van der Waals surface area contributed by atoms with Crippen LogP contribution < -0.4 is 10.1 Å². The van der Waals surface area contributed by atoms with Gasteiger partial charge in [0.1, 0.15) is 17.1 Å². The SMILES string of the molecule is COc1ccc(C(=O)O[C@H](C)C(=O)Nc2ccc(C)cc2)c(O)c1. The van der Waals surface area contributed by atoms with Crippen LogP contribution in [0.1, 0.15) is 22.8 Å². The first-order chi connectivity index (χ1) is 11.4. The zero-order valence-electron chi connectivity index (χ0n) is 13.7. The number of methoxy groups -OCH3 is 1. The molecule has 0 heterocycles. The van der Waals surface area contributed by atoms with Crippen LogP contribution in [0, 0.1) is 6.92 Å². The Kier molecular flexibility index (Phi) is 5.42. The largest absolute Gasteiger partial charge is 0.507 e. The van der Waals surface area contributed by atoms with E-state index in [1.165, 1.54) is 32.2 Å². The fourth-order valence-corrected chi connectivity index (χ4v) is 1.97. The predicted octanol–water partition coefficient (Wildman–Crippen LogP) is 2.89. The van der Waals surface area contributed by atoms with E-state index in [4.69, 9.17) is 9.47 Å². The lowest BCUT2D eigenvalue weighted by atomic mass is 10.2. The molecule has 24 heavy (non-hydrogen) atoms. The smallest absolute Gasteiger partial charge is 0.342 e. The Morgan fingerprint density at radius 1 is 1.12 bits per heavy atom. The number of anilines is 1. The first kappa shape index (κ1) is 17.3. The second-order valence-corrected chi connectivity index (χ2v) is 5.29. The highest BCUT2D eigenvalue weighted by Gasteiger charge is 2.21. The van der Waals surface area contributed by atoms with Crippen LogP contribution in [0.15, 0.2) is 42.5 Å². The van der Waals surface area contributed by atoms with Crippen molar-refractivity contribution in [2.24, 2.45) is 0 Å². The molecule has 0 unspecified atom stereocenters. The topological polar surface area (TPSA) is 84.9 Å². The van der Waals surface area contributed by atoms with Gasteiger partial charge in [-0.25, -0.2) is 4.79 Å². The molecule has 0 fully saturated rings. The van der Waals surface area contributed by atoms with E-state index in [1.807, 2.05) is 19.1 Å². The number of esters is 1. The Labute approximate surface area is 140 Å². The van der Waals surface area contributed by atoms with Gasteiger partial charge in [0, 0.05) is 11.8 Å². The summed E-state index contributed by atoms with van der Waals surface area (Å²) < 4.78 is 10.0. The molecule has 0 bridgehead atoms. The first-order valence-electron chi connectivity index (χ1n) is 7.36. The van der Waals surface area contributed by atoms with E-state index >= 15 is 0 Å². The molecular weight excluding hydrogens is 310 g/mol. The molecule has 6 heteroatoms. The molecular formula is C18H19NO5. The van der Waals surface area contributed by atoms with Crippen LogP contribution in [-0.4, -0.2) is 30.2 Å². The summed E-state index contributed by atoms with van der Waals surface area (Å²) in [4.78, 5) is 24.2. The van der Waals surface area contributed by atoms with Crippen LogP contribution in [-0.2, 0) is 9.53 Å². The van der Waals surface area contributed by atoms with Crippen molar-refractivity contribution in [2.45, 2.75) is 20.0 Å². The van der Waals surface area contributed by atoms with E-state index in [9.17, 15) is 14.7 Å². The molecule has 2 aromatic carbocycles. The first-order valence-corrected chi connectivity index (χ1v) is 7.36. The maximum Gasteiger partial charge on any atom is 0.342 e. The Hall–Kier alpha value is -3.02. The minimum Gasteiger partial charge on any atom is -0.507 e. The average Bonchev–Trinajstić information content (AvgIpc) is 2.56. The lowest BCUT2D eigenvalue weighted by Crippen LogP contribution is -2.30. The molecule has 0 aliphatic rings. The number of hydrogen-bond donors (Lipinski definition) is 2. The summed E-state index contributed by atoms with van der Waals surface area (Å²) in [6, 6.07) is 11.4. The van der Waals surface area contributed by atoms with Crippen molar-refractivity contribution in [3.63, 3.8) is 0 Å². The minimum atomic E-state index is -1.01. The molecule has 2 aromatic rings. The van der Waals surface area contributed by atoms with Gasteiger partial charge in [-0.3, -0.25) is 4.79 Å². The number of ether oxygens (including phenoxy) is 2. The average molecular weight is 329 g/mol. The highest BCUT2D eigenvalue weighted by molar-refractivity contribution is 5.98. The summed E-state index contributed by atoms with van der Waals surface area (Å²) in [6.45, 7) is 3.40. The van der Waals surface area contributed by atoms with E-state index in [2.05, 4.69) is 5.32 Å². The normalized spacial score (nSPS) is 11.5. The molecule has 0 saturated carbocycles. The predicted molar refractivity (Wildman–Crippen MR) is 89.3 cm³/mol. The van der Waals surface area contributed by atoms with Gasteiger partial charge >= 0.3 is 5.97 Å².